The second-order valence-electron chi connectivity index (χ2n) is 6.96. The van der Waals surface area contributed by atoms with E-state index in [1.807, 2.05) is 12.1 Å². The Morgan fingerprint density at radius 1 is 1.03 bits per heavy atom. The summed E-state index contributed by atoms with van der Waals surface area (Å²) < 4.78 is 44.2. The van der Waals surface area contributed by atoms with Gasteiger partial charge in [-0.3, -0.25) is 0 Å². The van der Waals surface area contributed by atoms with Gasteiger partial charge in [-0.05, 0) is 53.3 Å². The van der Waals surface area contributed by atoms with E-state index in [0.29, 0.717) is 17.7 Å². The summed E-state index contributed by atoms with van der Waals surface area (Å²) in [6.45, 7) is 0.660. The van der Waals surface area contributed by atoms with E-state index in [9.17, 15) is 18.0 Å². The molecule has 1 N–H and O–H groups in total. The Balaban J connectivity index is 1.82. The Morgan fingerprint density at radius 2 is 1.62 bits per heavy atom. The zero-order chi connectivity index (χ0) is 20.9. The van der Waals surface area contributed by atoms with Crippen molar-refractivity contribution in [3.8, 4) is 5.75 Å². The highest BCUT2D eigenvalue weighted by atomic mass is 19.4. The topological polar surface area (TPSA) is 46.5 Å². The quantitative estimate of drug-likeness (QED) is 0.438. The fraction of sp³-hybridized carbons (Fsp3) is 0.261. The van der Waals surface area contributed by atoms with E-state index in [1.54, 1.807) is 18.2 Å². The van der Waals surface area contributed by atoms with Crippen LogP contribution in [0.3, 0.4) is 0 Å². The molecule has 0 aliphatic heterocycles. The minimum atomic E-state index is -4.41. The maximum Gasteiger partial charge on any atom is 0.416 e. The van der Waals surface area contributed by atoms with Gasteiger partial charge in [0.1, 0.15) is 5.75 Å². The number of alkyl halides is 3. The number of allylic oxidation sites excluding steroid dienone is 2. The average Bonchev–Trinajstić information content (AvgIpc) is 3.50. The molecule has 1 saturated carbocycles. The van der Waals surface area contributed by atoms with Crippen molar-refractivity contribution in [2.24, 2.45) is 5.92 Å². The van der Waals surface area contributed by atoms with E-state index >= 15 is 0 Å². The van der Waals surface area contributed by atoms with E-state index < -0.39 is 17.7 Å². The average molecular weight is 402 g/mol. The first-order valence-corrected chi connectivity index (χ1v) is 9.35. The Labute approximate surface area is 167 Å². The van der Waals surface area contributed by atoms with Gasteiger partial charge in [-0.25, -0.2) is 4.79 Å². The number of benzene rings is 2. The number of ether oxygens (including phenoxy) is 1. The molecule has 1 aliphatic carbocycles. The van der Waals surface area contributed by atoms with Gasteiger partial charge < -0.3 is 9.84 Å². The number of rotatable bonds is 8. The first-order valence-electron chi connectivity index (χ1n) is 9.35. The van der Waals surface area contributed by atoms with Crippen LogP contribution in [0, 0.1) is 5.92 Å². The Kier molecular flexibility index (Phi) is 6.42. The molecule has 0 atom stereocenters. The lowest BCUT2D eigenvalue weighted by Gasteiger charge is -2.12. The molecule has 3 nitrogen and oxygen atoms in total. The van der Waals surface area contributed by atoms with Gasteiger partial charge in [0.05, 0.1) is 12.2 Å². The van der Waals surface area contributed by atoms with Gasteiger partial charge in [-0.1, -0.05) is 49.3 Å². The maximum absolute atomic E-state index is 12.8. The van der Waals surface area contributed by atoms with Crippen molar-refractivity contribution in [2.75, 3.05) is 6.61 Å². The molecular formula is C23H21F3O3. The number of hydrogen-bond acceptors (Lipinski definition) is 2. The Hall–Kier alpha value is -3.02. The summed E-state index contributed by atoms with van der Waals surface area (Å²) in [5.74, 6) is 0.402. The SMILES string of the molecule is O=C(O)C=CC=C(c1ccc(OCCC2CC2)cc1)c1ccc(C(F)(F)F)cc1. The Morgan fingerprint density at radius 3 is 2.14 bits per heavy atom. The van der Waals surface area contributed by atoms with E-state index in [2.05, 4.69) is 0 Å². The van der Waals surface area contributed by atoms with Crippen molar-refractivity contribution >= 4 is 11.5 Å². The van der Waals surface area contributed by atoms with E-state index in [4.69, 9.17) is 9.84 Å². The predicted octanol–water partition coefficient (Wildman–Crippen LogP) is 5.96. The number of carboxylic acid groups (broad SMARTS) is 1. The van der Waals surface area contributed by atoms with Crippen LogP contribution in [0.5, 0.6) is 5.75 Å². The monoisotopic (exact) mass is 402 g/mol. The third kappa shape index (κ3) is 6.24. The van der Waals surface area contributed by atoms with Gasteiger partial charge in [0, 0.05) is 6.08 Å². The lowest BCUT2D eigenvalue weighted by molar-refractivity contribution is -0.137. The van der Waals surface area contributed by atoms with Crippen molar-refractivity contribution in [1.29, 1.82) is 0 Å². The minimum Gasteiger partial charge on any atom is -0.494 e. The van der Waals surface area contributed by atoms with Crippen LogP contribution < -0.4 is 4.74 Å². The molecule has 0 heterocycles. The third-order valence-electron chi connectivity index (χ3n) is 4.68. The zero-order valence-electron chi connectivity index (χ0n) is 15.7. The molecule has 152 valence electrons. The normalized spacial score (nSPS) is 14.9. The fourth-order valence-electron chi connectivity index (χ4n) is 2.91. The molecule has 2 aromatic carbocycles. The van der Waals surface area contributed by atoms with Crippen LogP contribution in [0.1, 0.15) is 36.0 Å². The minimum absolute atomic E-state index is 0.551. The number of aliphatic carboxylic acids is 1. The van der Waals surface area contributed by atoms with Gasteiger partial charge in [-0.2, -0.15) is 13.2 Å². The Bertz CT molecular complexity index is 890. The molecule has 0 spiro atoms. The number of carbonyl (C=O) groups is 1. The summed E-state index contributed by atoms with van der Waals surface area (Å²) in [7, 11) is 0. The molecule has 0 unspecified atom stereocenters. The van der Waals surface area contributed by atoms with E-state index in [-0.39, 0.29) is 0 Å². The molecule has 1 aliphatic rings. The molecule has 0 aromatic heterocycles. The second-order valence-corrected chi connectivity index (χ2v) is 6.96. The molecule has 0 amide bonds. The summed E-state index contributed by atoms with van der Waals surface area (Å²) in [5, 5.41) is 8.80. The van der Waals surface area contributed by atoms with Crippen molar-refractivity contribution in [3.63, 3.8) is 0 Å². The summed E-state index contributed by atoms with van der Waals surface area (Å²) in [4.78, 5) is 10.7. The van der Waals surface area contributed by atoms with Crippen LogP contribution in [-0.2, 0) is 11.0 Å². The van der Waals surface area contributed by atoms with Crippen molar-refractivity contribution in [3.05, 3.63) is 83.4 Å². The lowest BCUT2D eigenvalue weighted by Crippen LogP contribution is -2.04. The third-order valence-corrected chi connectivity index (χ3v) is 4.68. The zero-order valence-corrected chi connectivity index (χ0v) is 15.7. The standard InChI is InChI=1S/C23H21F3O3/c24-23(25,26)19-10-6-17(7-11-19)21(2-1-3-22(27)28)18-8-12-20(13-9-18)29-15-14-16-4-5-16/h1-3,6-13,16H,4-5,14-15H2,(H,27,28). The molecule has 0 radical (unpaired) electrons. The van der Waals surface area contributed by atoms with Gasteiger partial charge in [-0.15, -0.1) is 0 Å². The molecule has 0 saturated heterocycles. The highest BCUT2D eigenvalue weighted by molar-refractivity contribution is 5.84. The number of halogens is 3. The maximum atomic E-state index is 12.8. The first kappa shape index (κ1) is 20.7. The first-order chi connectivity index (χ1) is 13.8. The van der Waals surface area contributed by atoms with Gasteiger partial charge >= 0.3 is 12.1 Å². The van der Waals surface area contributed by atoms with Crippen molar-refractivity contribution in [1.82, 2.24) is 0 Å². The highest BCUT2D eigenvalue weighted by Gasteiger charge is 2.30. The largest absolute Gasteiger partial charge is 0.494 e. The van der Waals surface area contributed by atoms with E-state index in [0.717, 1.165) is 41.9 Å². The smallest absolute Gasteiger partial charge is 0.416 e. The number of carboxylic acids is 1. The molecule has 29 heavy (non-hydrogen) atoms. The fourth-order valence-corrected chi connectivity index (χ4v) is 2.91. The molecule has 6 heteroatoms. The van der Waals surface area contributed by atoms with Crippen LogP contribution in [0.25, 0.3) is 5.57 Å². The molecular weight excluding hydrogens is 381 g/mol. The highest BCUT2D eigenvalue weighted by Crippen LogP contribution is 2.33. The lowest BCUT2D eigenvalue weighted by atomic mass is 9.96. The predicted molar refractivity (Wildman–Crippen MR) is 105 cm³/mol. The molecule has 0 bridgehead atoms. The molecule has 2 aromatic rings. The molecule has 3 rings (SSSR count). The number of hydrogen-bond donors (Lipinski definition) is 1. The summed E-state index contributed by atoms with van der Waals surface area (Å²) in [6, 6.07) is 12.0. The summed E-state index contributed by atoms with van der Waals surface area (Å²) in [5.41, 5.74) is 1.17. The van der Waals surface area contributed by atoms with Crippen molar-refractivity contribution < 1.29 is 27.8 Å². The van der Waals surface area contributed by atoms with Gasteiger partial charge in [0.2, 0.25) is 0 Å². The van der Waals surface area contributed by atoms with Crippen LogP contribution in [0.15, 0.2) is 66.8 Å². The van der Waals surface area contributed by atoms with Gasteiger partial charge in [0.25, 0.3) is 0 Å². The van der Waals surface area contributed by atoms with Gasteiger partial charge in [0.15, 0.2) is 0 Å². The summed E-state index contributed by atoms with van der Waals surface area (Å²) in [6.07, 6.45) is 3.07. The van der Waals surface area contributed by atoms with Crippen LogP contribution in [0.2, 0.25) is 0 Å². The van der Waals surface area contributed by atoms with E-state index in [1.165, 1.54) is 31.1 Å². The summed E-state index contributed by atoms with van der Waals surface area (Å²) >= 11 is 0. The van der Waals surface area contributed by atoms with Crippen LogP contribution >= 0.6 is 0 Å². The molecule has 1 fully saturated rings. The van der Waals surface area contributed by atoms with Crippen molar-refractivity contribution in [2.45, 2.75) is 25.4 Å². The van der Waals surface area contributed by atoms with Crippen LogP contribution in [0.4, 0.5) is 13.2 Å². The second kappa shape index (κ2) is 8.99. The van der Waals surface area contributed by atoms with Crippen LogP contribution in [-0.4, -0.2) is 17.7 Å².